The van der Waals surface area contributed by atoms with E-state index < -0.39 is 17.2 Å². The summed E-state index contributed by atoms with van der Waals surface area (Å²) in [5, 5.41) is 2.77. The van der Waals surface area contributed by atoms with Gasteiger partial charge in [-0.25, -0.2) is 0 Å². The first-order chi connectivity index (χ1) is 10.5. The smallest absolute Gasteiger partial charge is 0.292 e. The molecule has 2 aromatic rings. The highest BCUT2D eigenvalue weighted by molar-refractivity contribution is 6.41. The van der Waals surface area contributed by atoms with Crippen molar-refractivity contribution in [2.24, 2.45) is 0 Å². The summed E-state index contributed by atoms with van der Waals surface area (Å²) in [5.41, 5.74) is 1.23. The Bertz CT molecular complexity index is 673. The minimum absolute atomic E-state index is 0.562. The molecule has 0 saturated heterocycles. The molecule has 0 bridgehead atoms. The highest BCUT2D eigenvalue weighted by atomic mass is 16.2. The minimum Gasteiger partial charge on any atom is -0.340 e. The molecule has 0 aliphatic rings. The molecule has 3 nitrogen and oxygen atoms in total. The Hall–Kier alpha value is -2.68. The van der Waals surface area contributed by atoms with E-state index in [9.17, 15) is 9.59 Å². The van der Waals surface area contributed by atoms with Crippen LogP contribution in [-0.2, 0) is 15.1 Å². The van der Waals surface area contributed by atoms with Gasteiger partial charge in [0.25, 0.3) is 5.91 Å². The molecule has 0 aliphatic heterocycles. The third-order valence-corrected chi connectivity index (χ3v) is 3.37. The first-order valence-electron chi connectivity index (χ1n) is 7.14. The van der Waals surface area contributed by atoms with Crippen LogP contribution in [0.25, 0.3) is 6.08 Å². The van der Waals surface area contributed by atoms with E-state index in [1.165, 1.54) is 6.08 Å². The lowest BCUT2D eigenvalue weighted by molar-refractivity contribution is -0.136. The first kappa shape index (κ1) is 15.7. The van der Waals surface area contributed by atoms with Crippen molar-refractivity contribution in [1.29, 1.82) is 0 Å². The average Bonchev–Trinajstić information content (AvgIpc) is 2.54. The van der Waals surface area contributed by atoms with E-state index in [1.807, 2.05) is 74.5 Å². The van der Waals surface area contributed by atoms with Crippen molar-refractivity contribution < 1.29 is 9.59 Å². The lowest BCUT2D eigenvalue weighted by atomic mass is 9.94. The fourth-order valence-corrected chi connectivity index (χ4v) is 2.08. The van der Waals surface area contributed by atoms with Gasteiger partial charge in [0.1, 0.15) is 0 Å². The number of carbonyl (C=O) groups excluding carboxylic acids is 2. The Balaban J connectivity index is 2.02. The molecule has 0 heterocycles. The molecule has 0 atom stereocenters. The van der Waals surface area contributed by atoms with Gasteiger partial charge in [-0.2, -0.15) is 0 Å². The zero-order chi connectivity index (χ0) is 16.0. The molecule has 0 fully saturated rings. The molecule has 2 aromatic carbocycles. The lowest BCUT2D eigenvalue weighted by Crippen LogP contribution is -2.43. The lowest BCUT2D eigenvalue weighted by Gasteiger charge is -2.26. The Morgan fingerprint density at radius 2 is 1.45 bits per heavy atom. The molecule has 2 rings (SSSR count). The fourth-order valence-electron chi connectivity index (χ4n) is 2.08. The molecule has 0 aromatic heterocycles. The van der Waals surface area contributed by atoms with Crippen molar-refractivity contribution in [3.05, 3.63) is 77.9 Å². The van der Waals surface area contributed by atoms with Gasteiger partial charge < -0.3 is 5.32 Å². The van der Waals surface area contributed by atoms with Crippen molar-refractivity contribution in [3.63, 3.8) is 0 Å². The maximum absolute atomic E-state index is 12.0. The van der Waals surface area contributed by atoms with Gasteiger partial charge in [0.2, 0.25) is 5.78 Å². The molecule has 0 radical (unpaired) electrons. The number of benzene rings is 2. The minimum atomic E-state index is -0.610. The summed E-state index contributed by atoms with van der Waals surface area (Å²) in [4.78, 5) is 24.0. The second-order valence-corrected chi connectivity index (χ2v) is 5.55. The van der Waals surface area contributed by atoms with E-state index in [-0.39, 0.29) is 0 Å². The summed E-state index contributed by atoms with van der Waals surface area (Å²) >= 11 is 0. The van der Waals surface area contributed by atoms with Crippen LogP contribution in [0.5, 0.6) is 0 Å². The normalized spacial score (nSPS) is 11.4. The highest BCUT2D eigenvalue weighted by Crippen LogP contribution is 2.19. The van der Waals surface area contributed by atoms with Crippen LogP contribution < -0.4 is 5.32 Å². The van der Waals surface area contributed by atoms with Gasteiger partial charge in [-0.3, -0.25) is 9.59 Å². The quantitative estimate of drug-likeness (QED) is 0.679. The number of hydrogen-bond acceptors (Lipinski definition) is 2. The number of hydrogen-bond donors (Lipinski definition) is 1. The largest absolute Gasteiger partial charge is 0.340 e. The van der Waals surface area contributed by atoms with Gasteiger partial charge in [0.15, 0.2) is 0 Å². The second kappa shape index (κ2) is 6.85. The number of nitrogens with one attached hydrogen (secondary N) is 1. The van der Waals surface area contributed by atoms with Crippen LogP contribution in [0.2, 0.25) is 0 Å². The number of rotatable bonds is 5. The van der Waals surface area contributed by atoms with Gasteiger partial charge in [-0.05, 0) is 31.1 Å². The molecule has 3 heteroatoms. The predicted octanol–water partition coefficient (Wildman–Crippen LogP) is 3.32. The molecule has 112 valence electrons. The molecular weight excluding hydrogens is 274 g/mol. The fraction of sp³-hybridized carbons (Fsp3) is 0.158. The van der Waals surface area contributed by atoms with Crippen molar-refractivity contribution in [3.8, 4) is 0 Å². The van der Waals surface area contributed by atoms with E-state index in [1.54, 1.807) is 6.08 Å². The van der Waals surface area contributed by atoms with E-state index in [0.29, 0.717) is 0 Å². The molecule has 0 saturated carbocycles. The zero-order valence-corrected chi connectivity index (χ0v) is 12.7. The summed E-state index contributed by atoms with van der Waals surface area (Å²) < 4.78 is 0. The zero-order valence-electron chi connectivity index (χ0n) is 12.7. The van der Waals surface area contributed by atoms with E-state index in [2.05, 4.69) is 5.32 Å². The molecule has 0 aliphatic carbocycles. The molecular formula is C19H19NO2. The third-order valence-electron chi connectivity index (χ3n) is 3.37. The number of carbonyl (C=O) groups is 2. The summed E-state index contributed by atoms with van der Waals surface area (Å²) in [6.07, 6.45) is 2.93. The predicted molar refractivity (Wildman–Crippen MR) is 88.1 cm³/mol. The Labute approximate surface area is 130 Å². The molecule has 1 N–H and O–H groups in total. The first-order valence-corrected chi connectivity index (χ1v) is 7.14. The third kappa shape index (κ3) is 4.16. The van der Waals surface area contributed by atoms with Crippen LogP contribution in [0.3, 0.4) is 0 Å². The highest BCUT2D eigenvalue weighted by Gasteiger charge is 2.24. The van der Waals surface area contributed by atoms with Crippen LogP contribution in [0.4, 0.5) is 0 Å². The summed E-state index contributed by atoms with van der Waals surface area (Å²) in [6, 6.07) is 19.0. The van der Waals surface area contributed by atoms with Crippen molar-refractivity contribution in [2.75, 3.05) is 0 Å². The second-order valence-electron chi connectivity index (χ2n) is 5.55. The topological polar surface area (TPSA) is 46.2 Å². The van der Waals surface area contributed by atoms with Gasteiger partial charge in [-0.1, -0.05) is 66.7 Å². The monoisotopic (exact) mass is 293 g/mol. The van der Waals surface area contributed by atoms with Crippen LogP contribution >= 0.6 is 0 Å². The van der Waals surface area contributed by atoms with E-state index >= 15 is 0 Å². The van der Waals surface area contributed by atoms with Gasteiger partial charge in [0, 0.05) is 0 Å². The van der Waals surface area contributed by atoms with Crippen LogP contribution in [-0.4, -0.2) is 11.7 Å². The van der Waals surface area contributed by atoms with Crippen LogP contribution in [0, 0.1) is 0 Å². The Morgan fingerprint density at radius 1 is 0.909 bits per heavy atom. The van der Waals surface area contributed by atoms with E-state index in [0.717, 1.165) is 11.1 Å². The summed E-state index contributed by atoms with van der Waals surface area (Å²) in [6.45, 7) is 3.74. The van der Waals surface area contributed by atoms with Crippen molar-refractivity contribution in [1.82, 2.24) is 5.32 Å². The Kier molecular flexibility index (Phi) is 4.89. The van der Waals surface area contributed by atoms with Gasteiger partial charge in [0.05, 0.1) is 5.54 Å². The van der Waals surface area contributed by atoms with E-state index in [4.69, 9.17) is 0 Å². The number of amides is 1. The van der Waals surface area contributed by atoms with Crippen molar-refractivity contribution >= 4 is 17.8 Å². The summed E-state index contributed by atoms with van der Waals surface area (Å²) in [5.74, 6) is -1.17. The summed E-state index contributed by atoms with van der Waals surface area (Å²) in [7, 11) is 0. The van der Waals surface area contributed by atoms with Crippen molar-refractivity contribution in [2.45, 2.75) is 19.4 Å². The number of ketones is 1. The molecule has 1 amide bonds. The van der Waals surface area contributed by atoms with Gasteiger partial charge >= 0.3 is 0 Å². The maximum Gasteiger partial charge on any atom is 0.292 e. The maximum atomic E-state index is 12.0. The van der Waals surface area contributed by atoms with Crippen LogP contribution in [0.1, 0.15) is 25.0 Å². The van der Waals surface area contributed by atoms with Crippen LogP contribution in [0.15, 0.2) is 66.7 Å². The Morgan fingerprint density at radius 3 is 2.05 bits per heavy atom. The molecule has 0 spiro atoms. The molecule has 22 heavy (non-hydrogen) atoms. The standard InChI is InChI=1S/C19H19NO2/c1-19(2,16-11-7-4-8-12-16)20-18(22)17(21)14-13-15-9-5-3-6-10-15/h3-14H,1-2H3,(H,20,22)/b14-13+. The molecule has 0 unspecified atom stereocenters. The SMILES string of the molecule is CC(C)(NC(=O)C(=O)/C=C/c1ccccc1)c1ccccc1. The average molecular weight is 293 g/mol. The van der Waals surface area contributed by atoms with Gasteiger partial charge in [-0.15, -0.1) is 0 Å².